The number of aryl methyl sites for hydroxylation is 1. The quantitative estimate of drug-likeness (QED) is 0.614. The van der Waals surface area contributed by atoms with Crippen molar-refractivity contribution in [3.8, 4) is 23.0 Å². The summed E-state index contributed by atoms with van der Waals surface area (Å²) in [6, 6.07) is 10.2. The summed E-state index contributed by atoms with van der Waals surface area (Å²) >= 11 is 0. The van der Waals surface area contributed by atoms with Gasteiger partial charge in [0.15, 0.2) is 11.5 Å². The van der Waals surface area contributed by atoms with Crippen molar-refractivity contribution in [3.63, 3.8) is 0 Å². The molecule has 2 aromatic carbocycles. The number of hydrogen-bond donors (Lipinski definition) is 1. The number of rotatable bonds is 11. The smallest absolute Gasteiger partial charge is 0.387 e. The van der Waals surface area contributed by atoms with Crippen LogP contribution in [0.3, 0.4) is 0 Å². The summed E-state index contributed by atoms with van der Waals surface area (Å²) in [5.74, 6) is 1.46. The van der Waals surface area contributed by atoms with Crippen molar-refractivity contribution >= 4 is 5.91 Å². The Kier molecular flexibility index (Phi) is 8.51. The molecule has 1 amide bonds. The Morgan fingerprint density at radius 1 is 0.897 bits per heavy atom. The fourth-order valence-corrected chi connectivity index (χ4v) is 2.76. The number of hydrogen-bond acceptors (Lipinski definition) is 5. The van der Waals surface area contributed by atoms with Crippen molar-refractivity contribution in [2.24, 2.45) is 0 Å². The summed E-state index contributed by atoms with van der Waals surface area (Å²) in [5.41, 5.74) is 1.78. The maximum absolute atomic E-state index is 12.4. The summed E-state index contributed by atoms with van der Waals surface area (Å²) < 4.78 is 44.7. The zero-order valence-corrected chi connectivity index (χ0v) is 16.7. The number of methoxy groups -OCH3 is 3. The van der Waals surface area contributed by atoms with E-state index in [0.29, 0.717) is 37.3 Å². The molecule has 0 spiro atoms. The Balaban J connectivity index is 1.83. The Hall–Kier alpha value is -3.03. The third-order valence-electron chi connectivity index (χ3n) is 4.23. The van der Waals surface area contributed by atoms with Crippen LogP contribution in [0.5, 0.6) is 23.0 Å². The monoisotopic (exact) mass is 409 g/mol. The first-order valence-electron chi connectivity index (χ1n) is 9.05. The zero-order chi connectivity index (χ0) is 21.2. The number of amides is 1. The number of ether oxygens (including phenoxy) is 4. The van der Waals surface area contributed by atoms with Crippen LogP contribution in [0.25, 0.3) is 0 Å². The van der Waals surface area contributed by atoms with Gasteiger partial charge in [0.2, 0.25) is 5.91 Å². The van der Waals surface area contributed by atoms with Gasteiger partial charge in [0.05, 0.1) is 21.3 Å². The van der Waals surface area contributed by atoms with Crippen LogP contribution in [0, 0.1) is 0 Å². The third-order valence-corrected chi connectivity index (χ3v) is 4.23. The number of carbonyl (C=O) groups is 1. The molecular weight excluding hydrogens is 384 g/mol. The molecule has 29 heavy (non-hydrogen) atoms. The molecule has 2 aromatic rings. The summed E-state index contributed by atoms with van der Waals surface area (Å²) in [5, 5.41) is 2.85. The molecule has 158 valence electrons. The first-order valence-corrected chi connectivity index (χ1v) is 9.05. The van der Waals surface area contributed by atoms with Gasteiger partial charge in [-0.2, -0.15) is 8.78 Å². The van der Waals surface area contributed by atoms with E-state index in [1.165, 1.54) is 13.2 Å². The predicted molar refractivity (Wildman–Crippen MR) is 104 cm³/mol. The lowest BCUT2D eigenvalue weighted by molar-refractivity contribution is -0.121. The van der Waals surface area contributed by atoms with E-state index in [-0.39, 0.29) is 17.4 Å². The van der Waals surface area contributed by atoms with Gasteiger partial charge in [-0.15, -0.1) is 0 Å². The number of halogens is 2. The molecule has 0 aliphatic carbocycles. The standard InChI is InChI=1S/C21H25F2NO5/c1-26-16-10-15(11-17(13-16)27-2)5-7-20(25)24-9-8-14-4-6-18(29-21(22)23)19(12-14)28-3/h4,6,10-13,21H,5,7-9H2,1-3H3,(H,24,25). The van der Waals surface area contributed by atoms with Crippen LogP contribution in [-0.2, 0) is 17.6 Å². The molecule has 0 radical (unpaired) electrons. The van der Waals surface area contributed by atoms with Gasteiger partial charge in [-0.25, -0.2) is 0 Å². The highest BCUT2D eigenvalue weighted by atomic mass is 19.3. The van der Waals surface area contributed by atoms with Crippen molar-refractivity contribution in [2.45, 2.75) is 25.9 Å². The molecule has 0 saturated carbocycles. The van der Waals surface area contributed by atoms with Crippen LogP contribution in [0.2, 0.25) is 0 Å². The summed E-state index contributed by atoms with van der Waals surface area (Å²) in [6.07, 6.45) is 1.40. The van der Waals surface area contributed by atoms with E-state index in [1.807, 2.05) is 12.1 Å². The number of benzene rings is 2. The van der Waals surface area contributed by atoms with Gasteiger partial charge in [-0.3, -0.25) is 4.79 Å². The van der Waals surface area contributed by atoms with Gasteiger partial charge >= 0.3 is 6.61 Å². The lowest BCUT2D eigenvalue weighted by Gasteiger charge is -2.12. The van der Waals surface area contributed by atoms with Crippen LogP contribution in [-0.4, -0.2) is 40.4 Å². The molecule has 0 saturated heterocycles. The zero-order valence-electron chi connectivity index (χ0n) is 16.7. The molecule has 8 heteroatoms. The maximum Gasteiger partial charge on any atom is 0.387 e. The van der Waals surface area contributed by atoms with Crippen molar-refractivity contribution in [1.82, 2.24) is 5.32 Å². The van der Waals surface area contributed by atoms with E-state index in [4.69, 9.17) is 14.2 Å². The lowest BCUT2D eigenvalue weighted by atomic mass is 10.1. The molecule has 0 aromatic heterocycles. The van der Waals surface area contributed by atoms with Gasteiger partial charge in [0.1, 0.15) is 11.5 Å². The average molecular weight is 409 g/mol. The first-order chi connectivity index (χ1) is 13.9. The highest BCUT2D eigenvalue weighted by Crippen LogP contribution is 2.29. The lowest BCUT2D eigenvalue weighted by Crippen LogP contribution is -2.25. The third kappa shape index (κ3) is 7.14. The Labute approximate surface area is 168 Å². The summed E-state index contributed by atoms with van der Waals surface area (Å²) in [7, 11) is 4.53. The minimum absolute atomic E-state index is 0.0241. The minimum Gasteiger partial charge on any atom is -0.497 e. The normalized spacial score (nSPS) is 10.6. The van der Waals surface area contributed by atoms with Crippen LogP contribution < -0.4 is 24.3 Å². The predicted octanol–water partition coefficient (Wildman–Crippen LogP) is 3.61. The van der Waals surface area contributed by atoms with E-state index in [0.717, 1.165) is 11.1 Å². The Morgan fingerprint density at radius 3 is 2.17 bits per heavy atom. The summed E-state index contributed by atoms with van der Waals surface area (Å²) in [4.78, 5) is 12.1. The Morgan fingerprint density at radius 2 is 1.59 bits per heavy atom. The fraction of sp³-hybridized carbons (Fsp3) is 0.381. The molecule has 6 nitrogen and oxygen atoms in total. The van der Waals surface area contributed by atoms with Gasteiger partial charge in [0.25, 0.3) is 0 Å². The van der Waals surface area contributed by atoms with Crippen molar-refractivity contribution < 1.29 is 32.5 Å². The highest BCUT2D eigenvalue weighted by molar-refractivity contribution is 5.76. The molecule has 0 heterocycles. The van der Waals surface area contributed by atoms with E-state index >= 15 is 0 Å². The molecule has 0 bridgehead atoms. The van der Waals surface area contributed by atoms with Gasteiger partial charge in [0, 0.05) is 19.0 Å². The van der Waals surface area contributed by atoms with Crippen molar-refractivity contribution in [1.29, 1.82) is 0 Å². The van der Waals surface area contributed by atoms with E-state index < -0.39 is 6.61 Å². The van der Waals surface area contributed by atoms with Gasteiger partial charge in [-0.05, 0) is 48.2 Å². The molecule has 0 unspecified atom stereocenters. The Bertz CT molecular complexity index is 791. The van der Waals surface area contributed by atoms with Crippen LogP contribution >= 0.6 is 0 Å². The van der Waals surface area contributed by atoms with Crippen molar-refractivity contribution in [2.75, 3.05) is 27.9 Å². The van der Waals surface area contributed by atoms with E-state index in [2.05, 4.69) is 10.1 Å². The fourth-order valence-electron chi connectivity index (χ4n) is 2.76. The number of carbonyl (C=O) groups excluding carboxylic acids is 1. The molecule has 0 aliphatic heterocycles. The second kappa shape index (κ2) is 11.1. The molecule has 1 N–H and O–H groups in total. The molecule has 0 fully saturated rings. The van der Waals surface area contributed by atoms with Crippen LogP contribution in [0.15, 0.2) is 36.4 Å². The summed E-state index contributed by atoms with van der Waals surface area (Å²) in [6.45, 7) is -2.50. The van der Waals surface area contributed by atoms with Gasteiger partial charge in [-0.1, -0.05) is 6.07 Å². The van der Waals surface area contributed by atoms with Crippen molar-refractivity contribution in [3.05, 3.63) is 47.5 Å². The van der Waals surface area contributed by atoms with E-state index in [1.54, 1.807) is 32.4 Å². The van der Waals surface area contributed by atoms with Crippen LogP contribution in [0.4, 0.5) is 8.78 Å². The first kappa shape index (κ1) is 22.3. The van der Waals surface area contributed by atoms with E-state index in [9.17, 15) is 13.6 Å². The SMILES string of the molecule is COc1cc(CCC(=O)NCCc2ccc(OC(F)F)c(OC)c2)cc(OC)c1. The molecule has 0 aliphatic rings. The number of nitrogens with one attached hydrogen (secondary N) is 1. The maximum atomic E-state index is 12.4. The molecule has 2 rings (SSSR count). The number of alkyl halides is 2. The second-order valence-electron chi connectivity index (χ2n) is 6.18. The highest BCUT2D eigenvalue weighted by Gasteiger charge is 2.11. The minimum atomic E-state index is -2.92. The molecule has 0 atom stereocenters. The largest absolute Gasteiger partial charge is 0.497 e. The topological polar surface area (TPSA) is 66.0 Å². The second-order valence-corrected chi connectivity index (χ2v) is 6.18. The van der Waals surface area contributed by atoms with Gasteiger partial charge < -0.3 is 24.3 Å². The average Bonchev–Trinajstić information content (AvgIpc) is 2.72. The molecular formula is C21H25F2NO5. The van der Waals surface area contributed by atoms with Crippen LogP contribution in [0.1, 0.15) is 17.5 Å².